The molecule has 1 rings (SSSR count). The summed E-state index contributed by atoms with van der Waals surface area (Å²) in [7, 11) is 0. The molecule has 1 aromatic carbocycles. The fourth-order valence-electron chi connectivity index (χ4n) is 1.05. The second kappa shape index (κ2) is 5.90. The van der Waals surface area contributed by atoms with Crippen LogP contribution < -0.4 is 5.48 Å². The highest BCUT2D eigenvalue weighted by atomic mass is 19.2. The van der Waals surface area contributed by atoms with E-state index in [2.05, 4.69) is 4.84 Å². The van der Waals surface area contributed by atoms with Gasteiger partial charge in [-0.05, 0) is 17.7 Å². The van der Waals surface area contributed by atoms with Crippen molar-refractivity contribution in [2.24, 2.45) is 0 Å². The predicted octanol–water partition coefficient (Wildman–Crippen LogP) is 0.640. The van der Waals surface area contributed by atoms with Gasteiger partial charge in [0.05, 0.1) is 6.42 Å². The van der Waals surface area contributed by atoms with E-state index in [1.807, 2.05) is 5.48 Å². The van der Waals surface area contributed by atoms with Crippen molar-refractivity contribution >= 4 is 11.9 Å². The molecule has 0 heterocycles. The summed E-state index contributed by atoms with van der Waals surface area (Å²) in [6.45, 7) is -0.677. The molecular formula is C10H9F2NO4. The van der Waals surface area contributed by atoms with E-state index in [0.29, 0.717) is 0 Å². The smallest absolute Gasteiger partial charge is 0.332 e. The molecule has 0 atom stereocenters. The van der Waals surface area contributed by atoms with Gasteiger partial charge in [-0.2, -0.15) is 0 Å². The Hall–Kier alpha value is -2.02. The molecule has 0 radical (unpaired) electrons. The molecule has 0 aromatic heterocycles. The van der Waals surface area contributed by atoms with Gasteiger partial charge in [0.25, 0.3) is 0 Å². The Balaban J connectivity index is 2.45. The van der Waals surface area contributed by atoms with Gasteiger partial charge in [0.15, 0.2) is 18.2 Å². The maximum atomic E-state index is 12.8. The van der Waals surface area contributed by atoms with Crippen LogP contribution in [0.5, 0.6) is 0 Å². The maximum Gasteiger partial charge on any atom is 0.332 e. The zero-order valence-electron chi connectivity index (χ0n) is 8.57. The van der Waals surface area contributed by atoms with Crippen molar-refractivity contribution in [1.82, 2.24) is 5.48 Å². The van der Waals surface area contributed by atoms with Gasteiger partial charge in [0, 0.05) is 0 Å². The van der Waals surface area contributed by atoms with Crippen LogP contribution in [0, 0.1) is 11.6 Å². The number of hydroxylamine groups is 1. The molecule has 0 saturated heterocycles. The van der Waals surface area contributed by atoms with Crippen LogP contribution in [0.15, 0.2) is 18.2 Å². The zero-order chi connectivity index (χ0) is 12.8. The van der Waals surface area contributed by atoms with Crippen LogP contribution in [-0.2, 0) is 20.8 Å². The molecule has 2 N–H and O–H groups in total. The average molecular weight is 245 g/mol. The van der Waals surface area contributed by atoms with E-state index in [0.717, 1.165) is 12.1 Å². The molecule has 0 aliphatic carbocycles. The van der Waals surface area contributed by atoms with Crippen LogP contribution in [0.4, 0.5) is 8.78 Å². The summed E-state index contributed by atoms with van der Waals surface area (Å²) in [6, 6.07) is 3.03. The molecule has 0 unspecified atom stereocenters. The number of halogens is 2. The number of amides is 1. The van der Waals surface area contributed by atoms with Crippen molar-refractivity contribution in [2.75, 3.05) is 6.61 Å². The van der Waals surface area contributed by atoms with E-state index in [1.54, 1.807) is 0 Å². The van der Waals surface area contributed by atoms with E-state index in [9.17, 15) is 18.4 Å². The summed E-state index contributed by atoms with van der Waals surface area (Å²) in [5.74, 6) is -3.95. The van der Waals surface area contributed by atoms with E-state index in [4.69, 9.17) is 5.11 Å². The van der Waals surface area contributed by atoms with Gasteiger partial charge in [-0.3, -0.25) is 9.63 Å². The standard InChI is InChI=1S/C10H9F2NO4/c11-7-2-1-6(3-8(7)12)4-9(14)13-17-5-10(15)16/h1-3H,4-5H2,(H,13,14)(H,15,16). The lowest BCUT2D eigenvalue weighted by Crippen LogP contribution is -2.28. The Morgan fingerprint density at radius 1 is 1.29 bits per heavy atom. The Kier molecular flexibility index (Phi) is 4.53. The average Bonchev–Trinajstić information content (AvgIpc) is 2.23. The van der Waals surface area contributed by atoms with Crippen LogP contribution in [0.3, 0.4) is 0 Å². The largest absolute Gasteiger partial charge is 0.479 e. The number of aliphatic carboxylic acids is 1. The van der Waals surface area contributed by atoms with Crippen LogP contribution in [-0.4, -0.2) is 23.6 Å². The molecule has 92 valence electrons. The Labute approximate surface area is 95.0 Å². The zero-order valence-corrected chi connectivity index (χ0v) is 8.57. The first-order valence-corrected chi connectivity index (χ1v) is 4.55. The van der Waals surface area contributed by atoms with E-state index < -0.39 is 30.1 Å². The Morgan fingerprint density at radius 3 is 2.59 bits per heavy atom. The number of nitrogens with one attached hydrogen (secondary N) is 1. The lowest BCUT2D eigenvalue weighted by molar-refractivity contribution is -0.149. The number of rotatable bonds is 5. The molecule has 17 heavy (non-hydrogen) atoms. The van der Waals surface area contributed by atoms with Gasteiger partial charge in [0.1, 0.15) is 0 Å². The molecule has 0 saturated carbocycles. The highest BCUT2D eigenvalue weighted by molar-refractivity contribution is 5.77. The van der Waals surface area contributed by atoms with Crippen molar-refractivity contribution in [3.63, 3.8) is 0 Å². The minimum atomic E-state index is -1.24. The van der Waals surface area contributed by atoms with E-state index in [1.165, 1.54) is 6.07 Å². The van der Waals surface area contributed by atoms with E-state index in [-0.39, 0.29) is 12.0 Å². The molecule has 5 nitrogen and oxygen atoms in total. The second-order valence-corrected chi connectivity index (χ2v) is 3.13. The molecular weight excluding hydrogens is 236 g/mol. The molecule has 0 fully saturated rings. The predicted molar refractivity (Wildman–Crippen MR) is 51.8 cm³/mol. The van der Waals surface area contributed by atoms with E-state index >= 15 is 0 Å². The van der Waals surface area contributed by atoms with Crippen molar-refractivity contribution in [3.8, 4) is 0 Å². The molecule has 1 aromatic rings. The van der Waals surface area contributed by atoms with Crippen molar-refractivity contribution < 1.29 is 28.3 Å². The first-order valence-electron chi connectivity index (χ1n) is 4.55. The van der Waals surface area contributed by atoms with Gasteiger partial charge in [-0.25, -0.2) is 19.1 Å². The van der Waals surface area contributed by atoms with Crippen molar-refractivity contribution in [3.05, 3.63) is 35.4 Å². The summed E-state index contributed by atoms with van der Waals surface area (Å²) in [5.41, 5.74) is 2.11. The summed E-state index contributed by atoms with van der Waals surface area (Å²) in [5, 5.41) is 8.22. The molecule has 0 aliphatic heterocycles. The second-order valence-electron chi connectivity index (χ2n) is 3.13. The van der Waals surface area contributed by atoms with Crippen molar-refractivity contribution in [1.29, 1.82) is 0 Å². The topological polar surface area (TPSA) is 75.6 Å². The fraction of sp³-hybridized carbons (Fsp3) is 0.200. The SMILES string of the molecule is O=C(O)CONC(=O)Cc1ccc(F)c(F)c1. The highest BCUT2D eigenvalue weighted by Crippen LogP contribution is 2.08. The number of carbonyl (C=O) groups is 2. The maximum absolute atomic E-state index is 12.8. The third-order valence-corrected chi connectivity index (χ3v) is 1.73. The number of carboxylic acids is 1. The van der Waals surface area contributed by atoms with Crippen LogP contribution in [0.2, 0.25) is 0 Å². The first-order chi connectivity index (χ1) is 7.99. The third kappa shape index (κ3) is 4.56. The summed E-state index contributed by atoms with van der Waals surface area (Å²) in [4.78, 5) is 25.5. The van der Waals surface area contributed by atoms with Crippen LogP contribution in [0.25, 0.3) is 0 Å². The Bertz CT molecular complexity index is 436. The molecule has 7 heteroatoms. The van der Waals surface area contributed by atoms with Gasteiger partial charge in [-0.1, -0.05) is 6.07 Å². The quantitative estimate of drug-likeness (QED) is 0.746. The van der Waals surface area contributed by atoms with Crippen LogP contribution in [0.1, 0.15) is 5.56 Å². The van der Waals surface area contributed by atoms with Crippen LogP contribution >= 0.6 is 0 Å². The fourth-order valence-corrected chi connectivity index (χ4v) is 1.05. The lowest BCUT2D eigenvalue weighted by Gasteiger charge is -2.04. The first kappa shape index (κ1) is 13.0. The number of carboxylic acid groups (broad SMARTS) is 1. The van der Waals surface area contributed by atoms with Gasteiger partial charge in [-0.15, -0.1) is 0 Å². The number of benzene rings is 1. The van der Waals surface area contributed by atoms with Crippen molar-refractivity contribution in [2.45, 2.75) is 6.42 Å². The number of hydrogen-bond acceptors (Lipinski definition) is 3. The van der Waals surface area contributed by atoms with Gasteiger partial charge >= 0.3 is 5.97 Å². The normalized spacial score (nSPS) is 10.0. The molecule has 0 aliphatic rings. The van der Waals surface area contributed by atoms with Gasteiger partial charge < -0.3 is 5.11 Å². The highest BCUT2D eigenvalue weighted by Gasteiger charge is 2.07. The number of carbonyl (C=O) groups excluding carboxylic acids is 1. The Morgan fingerprint density at radius 2 is 2.00 bits per heavy atom. The van der Waals surface area contributed by atoms with Gasteiger partial charge in [0.2, 0.25) is 5.91 Å². The molecule has 1 amide bonds. The summed E-state index contributed by atoms with van der Waals surface area (Å²) < 4.78 is 25.3. The monoisotopic (exact) mass is 245 g/mol. The minimum absolute atomic E-state index is 0.239. The molecule has 0 spiro atoms. The lowest BCUT2D eigenvalue weighted by atomic mass is 10.1. The third-order valence-electron chi connectivity index (χ3n) is 1.73. The summed E-state index contributed by atoms with van der Waals surface area (Å²) >= 11 is 0. The number of hydrogen-bond donors (Lipinski definition) is 2. The molecule has 0 bridgehead atoms. The minimum Gasteiger partial charge on any atom is -0.479 e. The summed E-state index contributed by atoms with van der Waals surface area (Å²) in [6.07, 6.45) is -0.239.